The van der Waals surface area contributed by atoms with Crippen LogP contribution in [-0.4, -0.2) is 11.5 Å². The normalized spacial score (nSPS) is 10.0. The highest BCUT2D eigenvalue weighted by Crippen LogP contribution is 2.25. The maximum atomic E-state index is 8.76. The summed E-state index contributed by atoms with van der Waals surface area (Å²) in [5.74, 6) is 0. The molecule has 1 N–H and O–H groups in total. The Labute approximate surface area is 115 Å². The summed E-state index contributed by atoms with van der Waals surface area (Å²) in [6, 6.07) is 12.4. The average Bonchev–Trinajstić information content (AvgIpc) is 2.76. The average molecular weight is 278 g/mol. The third-order valence-electron chi connectivity index (χ3n) is 2.45. The Bertz CT molecular complexity index is 545. The van der Waals surface area contributed by atoms with Gasteiger partial charge in [0.25, 0.3) is 0 Å². The lowest BCUT2D eigenvalue weighted by atomic mass is 10.1. The SMILES string of the molecule is N#Cc1sc(NCCCc2ccccc2)nc1Cl. The van der Waals surface area contributed by atoms with Gasteiger partial charge in [-0.05, 0) is 18.4 Å². The van der Waals surface area contributed by atoms with E-state index in [1.54, 1.807) is 0 Å². The van der Waals surface area contributed by atoms with E-state index in [0.717, 1.165) is 19.4 Å². The molecule has 5 heteroatoms. The Morgan fingerprint density at radius 3 is 2.78 bits per heavy atom. The van der Waals surface area contributed by atoms with E-state index in [1.165, 1.54) is 16.9 Å². The maximum Gasteiger partial charge on any atom is 0.185 e. The highest BCUT2D eigenvalue weighted by atomic mass is 35.5. The van der Waals surface area contributed by atoms with Crippen molar-refractivity contribution in [2.75, 3.05) is 11.9 Å². The topological polar surface area (TPSA) is 48.7 Å². The van der Waals surface area contributed by atoms with Gasteiger partial charge in [0, 0.05) is 6.54 Å². The predicted octanol–water partition coefficient (Wildman–Crippen LogP) is 3.71. The van der Waals surface area contributed by atoms with Gasteiger partial charge in [-0.3, -0.25) is 0 Å². The van der Waals surface area contributed by atoms with Crippen LogP contribution >= 0.6 is 22.9 Å². The summed E-state index contributed by atoms with van der Waals surface area (Å²) in [6.45, 7) is 0.823. The second-order valence-corrected chi connectivity index (χ2v) is 5.12. The van der Waals surface area contributed by atoms with E-state index >= 15 is 0 Å². The van der Waals surface area contributed by atoms with Crippen molar-refractivity contribution in [1.82, 2.24) is 4.98 Å². The Morgan fingerprint density at radius 1 is 1.33 bits per heavy atom. The van der Waals surface area contributed by atoms with Crippen molar-refractivity contribution in [2.45, 2.75) is 12.8 Å². The smallest absolute Gasteiger partial charge is 0.185 e. The van der Waals surface area contributed by atoms with Crippen molar-refractivity contribution in [3.63, 3.8) is 0 Å². The number of hydrogen-bond acceptors (Lipinski definition) is 4. The lowest BCUT2D eigenvalue weighted by molar-refractivity contribution is 0.862. The van der Waals surface area contributed by atoms with Crippen LogP contribution in [-0.2, 0) is 6.42 Å². The second kappa shape index (κ2) is 6.39. The molecule has 0 radical (unpaired) electrons. The number of hydrogen-bond donors (Lipinski definition) is 1. The maximum absolute atomic E-state index is 8.76. The summed E-state index contributed by atoms with van der Waals surface area (Å²) in [4.78, 5) is 4.54. The summed E-state index contributed by atoms with van der Waals surface area (Å²) in [6.07, 6.45) is 2.04. The quantitative estimate of drug-likeness (QED) is 0.848. The van der Waals surface area contributed by atoms with Crippen molar-refractivity contribution in [3.8, 4) is 6.07 Å². The van der Waals surface area contributed by atoms with Crippen LogP contribution in [0.15, 0.2) is 30.3 Å². The molecule has 0 bridgehead atoms. The molecule has 0 aliphatic heterocycles. The lowest BCUT2D eigenvalue weighted by Crippen LogP contribution is -2.02. The minimum absolute atomic E-state index is 0.285. The zero-order valence-corrected chi connectivity index (χ0v) is 11.3. The highest BCUT2D eigenvalue weighted by Gasteiger charge is 2.07. The Balaban J connectivity index is 1.77. The molecule has 0 amide bonds. The third kappa shape index (κ3) is 3.46. The molecular weight excluding hydrogens is 266 g/mol. The molecule has 1 aromatic carbocycles. The monoisotopic (exact) mass is 277 g/mol. The number of nitriles is 1. The lowest BCUT2D eigenvalue weighted by Gasteiger charge is -2.02. The molecular formula is C13H12ClN3S. The van der Waals surface area contributed by atoms with Crippen molar-refractivity contribution in [1.29, 1.82) is 5.26 Å². The van der Waals surface area contributed by atoms with Crippen LogP contribution in [0.1, 0.15) is 16.9 Å². The van der Waals surface area contributed by atoms with Crippen LogP contribution in [0.4, 0.5) is 5.13 Å². The standard InChI is InChI=1S/C13H12ClN3S/c14-12-11(9-15)18-13(17-12)16-8-4-7-10-5-2-1-3-6-10/h1-3,5-6H,4,7-8H2,(H,16,17). The van der Waals surface area contributed by atoms with E-state index in [0.29, 0.717) is 10.0 Å². The van der Waals surface area contributed by atoms with Gasteiger partial charge >= 0.3 is 0 Å². The molecule has 1 heterocycles. The summed E-state index contributed by atoms with van der Waals surface area (Å²) in [5, 5.41) is 12.9. The number of benzene rings is 1. The van der Waals surface area contributed by atoms with Gasteiger partial charge in [0.05, 0.1) is 0 Å². The van der Waals surface area contributed by atoms with Crippen LogP contribution in [0.2, 0.25) is 5.15 Å². The number of thiazole rings is 1. The third-order valence-corrected chi connectivity index (χ3v) is 3.75. The van der Waals surface area contributed by atoms with Crippen molar-refractivity contribution in [3.05, 3.63) is 45.9 Å². The minimum Gasteiger partial charge on any atom is -0.361 e. The molecule has 1 aromatic heterocycles. The summed E-state index contributed by atoms with van der Waals surface area (Å²) in [7, 11) is 0. The van der Waals surface area contributed by atoms with E-state index in [9.17, 15) is 0 Å². The van der Waals surface area contributed by atoms with Crippen molar-refractivity contribution >= 4 is 28.1 Å². The van der Waals surface area contributed by atoms with Gasteiger partial charge < -0.3 is 5.32 Å². The number of aromatic nitrogens is 1. The van der Waals surface area contributed by atoms with E-state index in [2.05, 4.69) is 22.4 Å². The first-order valence-electron chi connectivity index (χ1n) is 5.64. The number of anilines is 1. The van der Waals surface area contributed by atoms with Crippen LogP contribution in [0.3, 0.4) is 0 Å². The van der Waals surface area contributed by atoms with Gasteiger partial charge in [-0.2, -0.15) is 5.26 Å². The molecule has 2 rings (SSSR count). The van der Waals surface area contributed by atoms with Crippen LogP contribution < -0.4 is 5.32 Å². The van der Waals surface area contributed by atoms with Crippen LogP contribution in [0.5, 0.6) is 0 Å². The molecule has 0 atom stereocenters. The summed E-state index contributed by atoms with van der Waals surface area (Å²) >= 11 is 7.08. The number of aryl methyl sites for hydroxylation is 1. The van der Waals surface area contributed by atoms with Gasteiger partial charge in [-0.25, -0.2) is 4.98 Å². The molecule has 0 aliphatic carbocycles. The van der Waals surface area contributed by atoms with E-state index in [1.807, 2.05) is 24.3 Å². The van der Waals surface area contributed by atoms with Crippen molar-refractivity contribution in [2.24, 2.45) is 0 Å². The number of halogens is 1. The van der Waals surface area contributed by atoms with Crippen molar-refractivity contribution < 1.29 is 0 Å². The Hall–Kier alpha value is -1.57. The van der Waals surface area contributed by atoms with E-state index in [4.69, 9.17) is 16.9 Å². The Morgan fingerprint density at radius 2 is 2.11 bits per heavy atom. The van der Waals surface area contributed by atoms with Gasteiger partial charge in [0.2, 0.25) is 0 Å². The Kier molecular flexibility index (Phi) is 4.57. The fourth-order valence-corrected chi connectivity index (χ4v) is 2.55. The molecule has 0 aliphatic rings. The van der Waals surface area contributed by atoms with Gasteiger partial charge in [0.1, 0.15) is 10.9 Å². The van der Waals surface area contributed by atoms with Gasteiger partial charge in [-0.1, -0.05) is 53.3 Å². The first-order chi connectivity index (χ1) is 8.79. The molecule has 2 aromatic rings. The van der Waals surface area contributed by atoms with Crippen LogP contribution in [0.25, 0.3) is 0 Å². The first kappa shape index (κ1) is 12.9. The van der Waals surface area contributed by atoms with E-state index < -0.39 is 0 Å². The molecule has 0 saturated heterocycles. The summed E-state index contributed by atoms with van der Waals surface area (Å²) in [5.41, 5.74) is 1.33. The minimum atomic E-state index is 0.285. The summed E-state index contributed by atoms with van der Waals surface area (Å²) < 4.78 is 0. The largest absolute Gasteiger partial charge is 0.361 e. The molecule has 3 nitrogen and oxygen atoms in total. The molecule has 18 heavy (non-hydrogen) atoms. The molecule has 0 saturated carbocycles. The zero-order valence-electron chi connectivity index (χ0n) is 9.69. The van der Waals surface area contributed by atoms with Crippen LogP contribution in [0, 0.1) is 11.3 Å². The number of nitrogens with zero attached hydrogens (tertiary/aromatic N) is 2. The fourth-order valence-electron chi connectivity index (χ4n) is 1.58. The van der Waals surface area contributed by atoms with E-state index in [-0.39, 0.29) is 5.15 Å². The van der Waals surface area contributed by atoms with Gasteiger partial charge in [0.15, 0.2) is 10.3 Å². The highest BCUT2D eigenvalue weighted by molar-refractivity contribution is 7.16. The second-order valence-electron chi connectivity index (χ2n) is 3.77. The number of nitrogens with one attached hydrogen (secondary N) is 1. The first-order valence-corrected chi connectivity index (χ1v) is 6.83. The molecule has 0 spiro atoms. The molecule has 0 fully saturated rings. The van der Waals surface area contributed by atoms with Gasteiger partial charge in [-0.15, -0.1) is 0 Å². The predicted molar refractivity (Wildman–Crippen MR) is 75.1 cm³/mol. The molecule has 92 valence electrons. The number of rotatable bonds is 5. The fraction of sp³-hybridized carbons (Fsp3) is 0.231. The zero-order chi connectivity index (χ0) is 12.8. The molecule has 0 unspecified atom stereocenters.